The Balaban J connectivity index is 1.37. The van der Waals surface area contributed by atoms with Crippen LogP contribution in [0.25, 0.3) is 0 Å². The Labute approximate surface area is 197 Å². The van der Waals surface area contributed by atoms with Crippen LogP contribution in [0, 0.1) is 11.7 Å². The molecule has 1 N–H and O–H groups in total. The van der Waals surface area contributed by atoms with Crippen LogP contribution in [0.3, 0.4) is 0 Å². The summed E-state index contributed by atoms with van der Waals surface area (Å²) in [6, 6.07) is 17.9. The number of nitrogens with one attached hydrogen (secondary N) is 1. The number of piperidine rings is 1. The first-order valence-corrected chi connectivity index (χ1v) is 12.7. The molecule has 4 atom stereocenters. The number of benzene rings is 2. The molecule has 0 radical (unpaired) electrons. The number of amides is 1. The first-order valence-electron chi connectivity index (χ1n) is 12.7. The smallest absolute Gasteiger partial charge is 0.223 e. The van der Waals surface area contributed by atoms with E-state index in [0.29, 0.717) is 24.9 Å². The van der Waals surface area contributed by atoms with Gasteiger partial charge in [-0.2, -0.15) is 0 Å². The van der Waals surface area contributed by atoms with Crippen molar-refractivity contribution in [2.45, 2.75) is 63.1 Å². The number of likely N-dealkylation sites (tertiary alicyclic amines) is 2. The van der Waals surface area contributed by atoms with Crippen molar-refractivity contribution in [2.75, 3.05) is 26.2 Å². The van der Waals surface area contributed by atoms with Gasteiger partial charge >= 0.3 is 0 Å². The topological polar surface area (TPSA) is 35.6 Å². The summed E-state index contributed by atoms with van der Waals surface area (Å²) in [5, 5.41) is 3.92. The average Bonchev–Trinajstić information content (AvgIpc) is 3.36. The highest BCUT2D eigenvalue weighted by Gasteiger charge is 2.47. The molecular formula is C28H36FN3O. The zero-order valence-electron chi connectivity index (χ0n) is 19.5. The SMILES string of the molecule is O=C1C[C@H](c2ccccc2)[C@H]2[C@@H](NCCN3CCCC3)CCC[C@H]2N1Cc1ccc(F)cc1. The number of hydrogen-bond donors (Lipinski definition) is 1. The summed E-state index contributed by atoms with van der Waals surface area (Å²) >= 11 is 0. The number of halogens is 1. The molecule has 2 aromatic carbocycles. The van der Waals surface area contributed by atoms with Gasteiger partial charge in [-0.15, -0.1) is 0 Å². The molecule has 1 amide bonds. The lowest BCUT2D eigenvalue weighted by molar-refractivity contribution is -0.143. The third-order valence-electron chi connectivity index (χ3n) is 8.03. The van der Waals surface area contributed by atoms with E-state index >= 15 is 0 Å². The van der Waals surface area contributed by atoms with Crippen molar-refractivity contribution >= 4 is 5.91 Å². The molecule has 2 saturated heterocycles. The lowest BCUT2D eigenvalue weighted by atomic mass is 9.66. The minimum absolute atomic E-state index is 0.222. The summed E-state index contributed by atoms with van der Waals surface area (Å²) in [6.07, 6.45) is 6.55. The molecule has 5 rings (SSSR count). The maximum atomic E-state index is 13.4. The lowest BCUT2D eigenvalue weighted by Crippen LogP contribution is -2.59. The second-order valence-electron chi connectivity index (χ2n) is 10.1. The molecule has 2 aromatic rings. The van der Waals surface area contributed by atoms with Crippen LogP contribution in [-0.4, -0.2) is 54.0 Å². The quantitative estimate of drug-likeness (QED) is 0.673. The Morgan fingerprint density at radius 1 is 0.939 bits per heavy atom. The van der Waals surface area contributed by atoms with E-state index in [1.54, 1.807) is 0 Å². The summed E-state index contributed by atoms with van der Waals surface area (Å²) in [5.41, 5.74) is 2.29. The fourth-order valence-corrected chi connectivity index (χ4v) is 6.42. The molecule has 4 nitrogen and oxygen atoms in total. The number of fused-ring (bicyclic) bond motifs is 1. The van der Waals surface area contributed by atoms with Gasteiger partial charge in [0.2, 0.25) is 5.91 Å². The minimum atomic E-state index is -0.231. The molecule has 5 heteroatoms. The lowest BCUT2D eigenvalue weighted by Gasteiger charge is -2.51. The van der Waals surface area contributed by atoms with Gasteiger partial charge in [-0.3, -0.25) is 4.79 Å². The molecule has 0 aromatic heterocycles. The molecule has 2 heterocycles. The summed E-state index contributed by atoms with van der Waals surface area (Å²) in [7, 11) is 0. The highest BCUT2D eigenvalue weighted by atomic mass is 19.1. The van der Waals surface area contributed by atoms with Gasteiger partial charge in [-0.05, 0) is 74.4 Å². The minimum Gasteiger partial charge on any atom is -0.335 e. The number of hydrogen-bond acceptors (Lipinski definition) is 3. The predicted molar refractivity (Wildman–Crippen MR) is 129 cm³/mol. The molecule has 2 aliphatic heterocycles. The van der Waals surface area contributed by atoms with E-state index in [2.05, 4.69) is 45.4 Å². The fraction of sp³-hybridized carbons (Fsp3) is 0.536. The maximum absolute atomic E-state index is 13.4. The number of carbonyl (C=O) groups excluding carboxylic acids is 1. The largest absolute Gasteiger partial charge is 0.335 e. The zero-order valence-corrected chi connectivity index (χ0v) is 19.5. The number of rotatable bonds is 7. The van der Waals surface area contributed by atoms with Crippen LogP contribution in [0.15, 0.2) is 54.6 Å². The van der Waals surface area contributed by atoms with Crippen molar-refractivity contribution in [3.63, 3.8) is 0 Å². The van der Waals surface area contributed by atoms with Gasteiger partial charge in [0.25, 0.3) is 0 Å². The molecular weight excluding hydrogens is 413 g/mol. The van der Waals surface area contributed by atoms with E-state index in [-0.39, 0.29) is 23.7 Å². The summed E-state index contributed by atoms with van der Waals surface area (Å²) in [4.78, 5) is 18.1. The highest BCUT2D eigenvalue weighted by Crippen LogP contribution is 2.45. The molecule has 3 aliphatic rings. The Morgan fingerprint density at radius 2 is 1.70 bits per heavy atom. The van der Waals surface area contributed by atoms with Crippen molar-refractivity contribution in [3.8, 4) is 0 Å². The van der Waals surface area contributed by atoms with Gasteiger partial charge in [0.1, 0.15) is 5.82 Å². The van der Waals surface area contributed by atoms with Gasteiger partial charge in [0.05, 0.1) is 0 Å². The molecule has 1 saturated carbocycles. The third kappa shape index (κ3) is 5.15. The highest BCUT2D eigenvalue weighted by molar-refractivity contribution is 5.79. The Morgan fingerprint density at radius 3 is 2.45 bits per heavy atom. The number of carbonyl (C=O) groups is 1. The monoisotopic (exact) mass is 449 g/mol. The van der Waals surface area contributed by atoms with E-state index in [4.69, 9.17) is 0 Å². The molecule has 33 heavy (non-hydrogen) atoms. The van der Waals surface area contributed by atoms with Crippen molar-refractivity contribution in [2.24, 2.45) is 5.92 Å². The molecule has 1 aliphatic carbocycles. The van der Waals surface area contributed by atoms with E-state index < -0.39 is 0 Å². The first-order chi connectivity index (χ1) is 16.2. The van der Waals surface area contributed by atoms with Gasteiger partial charge in [0.15, 0.2) is 0 Å². The summed E-state index contributed by atoms with van der Waals surface area (Å²) in [6.45, 7) is 5.15. The van der Waals surface area contributed by atoms with Crippen molar-refractivity contribution in [1.29, 1.82) is 0 Å². The average molecular weight is 450 g/mol. The van der Waals surface area contributed by atoms with E-state index in [0.717, 1.165) is 31.5 Å². The van der Waals surface area contributed by atoms with Crippen LogP contribution in [0.2, 0.25) is 0 Å². The Bertz CT molecular complexity index is 912. The third-order valence-corrected chi connectivity index (χ3v) is 8.03. The van der Waals surface area contributed by atoms with E-state index in [1.807, 2.05) is 12.1 Å². The first kappa shape index (κ1) is 22.5. The van der Waals surface area contributed by atoms with Crippen LogP contribution in [0.4, 0.5) is 4.39 Å². The van der Waals surface area contributed by atoms with Crippen LogP contribution >= 0.6 is 0 Å². The van der Waals surface area contributed by atoms with Crippen LogP contribution < -0.4 is 5.32 Å². The molecule has 0 unspecified atom stereocenters. The summed E-state index contributed by atoms with van der Waals surface area (Å²) < 4.78 is 13.4. The van der Waals surface area contributed by atoms with Gasteiger partial charge in [-0.1, -0.05) is 42.5 Å². The Kier molecular flexibility index (Phi) is 7.07. The van der Waals surface area contributed by atoms with Crippen LogP contribution in [0.5, 0.6) is 0 Å². The molecule has 176 valence electrons. The van der Waals surface area contributed by atoms with Crippen LogP contribution in [0.1, 0.15) is 55.6 Å². The summed E-state index contributed by atoms with van der Waals surface area (Å²) in [5.74, 6) is 0.647. The van der Waals surface area contributed by atoms with Crippen molar-refractivity contribution < 1.29 is 9.18 Å². The molecule has 3 fully saturated rings. The van der Waals surface area contributed by atoms with Gasteiger partial charge < -0.3 is 15.1 Å². The molecule has 0 spiro atoms. The number of nitrogens with zero attached hydrogens (tertiary/aromatic N) is 2. The standard InChI is InChI=1S/C28H36FN3O/c29-23-13-11-21(12-14-23)20-32-26-10-6-9-25(30-15-18-31-16-4-5-17-31)28(26)24(19-27(32)33)22-7-2-1-3-8-22/h1-3,7-8,11-14,24-26,28,30H,4-6,9-10,15-20H2/t24-,25+,26-,28+/m1/s1. The molecule has 0 bridgehead atoms. The Hall–Kier alpha value is -2.24. The van der Waals surface area contributed by atoms with Crippen molar-refractivity contribution in [3.05, 3.63) is 71.5 Å². The van der Waals surface area contributed by atoms with Gasteiger partial charge in [0, 0.05) is 44.1 Å². The van der Waals surface area contributed by atoms with E-state index in [9.17, 15) is 9.18 Å². The predicted octanol–water partition coefficient (Wildman–Crippen LogP) is 4.56. The second kappa shape index (κ2) is 10.4. The van der Waals surface area contributed by atoms with E-state index in [1.165, 1.54) is 50.0 Å². The van der Waals surface area contributed by atoms with Crippen molar-refractivity contribution in [1.82, 2.24) is 15.1 Å². The normalized spacial score (nSPS) is 28.2. The maximum Gasteiger partial charge on any atom is 0.223 e. The fourth-order valence-electron chi connectivity index (χ4n) is 6.42. The van der Waals surface area contributed by atoms with Gasteiger partial charge in [-0.25, -0.2) is 4.39 Å². The zero-order chi connectivity index (χ0) is 22.6. The second-order valence-corrected chi connectivity index (χ2v) is 10.1. The van der Waals surface area contributed by atoms with Crippen LogP contribution in [-0.2, 0) is 11.3 Å².